The van der Waals surface area contributed by atoms with Crippen LogP contribution in [0.25, 0.3) is 11.1 Å². The van der Waals surface area contributed by atoms with Crippen LogP contribution in [-0.4, -0.2) is 16.2 Å². The molecule has 0 radical (unpaired) electrons. The molecule has 128 valence electrons. The number of phenols is 1. The third-order valence-corrected chi connectivity index (χ3v) is 5.26. The van der Waals surface area contributed by atoms with E-state index in [-0.39, 0.29) is 11.3 Å². The fraction of sp³-hybridized carbons (Fsp3) is 0.250. The Morgan fingerprint density at radius 3 is 2.56 bits per heavy atom. The van der Waals surface area contributed by atoms with Crippen molar-refractivity contribution in [2.45, 2.75) is 32.1 Å². The summed E-state index contributed by atoms with van der Waals surface area (Å²) < 4.78 is 0. The highest BCUT2D eigenvalue weighted by atomic mass is 35.5. The van der Waals surface area contributed by atoms with E-state index in [0.717, 1.165) is 42.5 Å². The molecule has 0 atom stereocenters. The molecular formula is C20H18ClNO3. The van der Waals surface area contributed by atoms with E-state index < -0.39 is 5.97 Å². The van der Waals surface area contributed by atoms with Gasteiger partial charge < -0.3 is 15.5 Å². The molecule has 0 aromatic heterocycles. The zero-order chi connectivity index (χ0) is 17.6. The van der Waals surface area contributed by atoms with Crippen molar-refractivity contribution in [1.29, 1.82) is 0 Å². The van der Waals surface area contributed by atoms with Crippen LogP contribution in [0.4, 0.5) is 5.69 Å². The van der Waals surface area contributed by atoms with Crippen LogP contribution < -0.4 is 5.32 Å². The number of nitrogens with one attached hydrogen (secondary N) is 1. The van der Waals surface area contributed by atoms with Gasteiger partial charge >= 0.3 is 5.97 Å². The second-order valence-corrected chi connectivity index (χ2v) is 7.02. The molecular weight excluding hydrogens is 338 g/mol. The molecule has 3 N–H and O–H groups in total. The van der Waals surface area contributed by atoms with Gasteiger partial charge in [-0.25, -0.2) is 4.79 Å². The lowest BCUT2D eigenvalue weighted by molar-refractivity contribution is 0.0695. The molecule has 0 unspecified atom stereocenters. The van der Waals surface area contributed by atoms with Gasteiger partial charge in [0.25, 0.3) is 0 Å². The Morgan fingerprint density at radius 2 is 1.84 bits per heavy atom. The first kappa shape index (κ1) is 16.0. The number of allylic oxidation sites excluding steroid dienone is 2. The van der Waals surface area contributed by atoms with Gasteiger partial charge in [0, 0.05) is 16.3 Å². The monoisotopic (exact) mass is 355 g/mol. The fourth-order valence-electron chi connectivity index (χ4n) is 3.76. The molecule has 1 heterocycles. The van der Waals surface area contributed by atoms with Crippen molar-refractivity contribution in [2.75, 3.05) is 5.32 Å². The van der Waals surface area contributed by atoms with Crippen LogP contribution in [-0.2, 0) is 6.42 Å². The van der Waals surface area contributed by atoms with Gasteiger partial charge in [0.15, 0.2) is 0 Å². The minimum absolute atomic E-state index is 0.0560. The lowest BCUT2D eigenvalue weighted by Gasteiger charge is -2.30. The highest BCUT2D eigenvalue weighted by molar-refractivity contribution is 6.30. The molecule has 25 heavy (non-hydrogen) atoms. The molecule has 0 fully saturated rings. The zero-order valence-corrected chi connectivity index (χ0v) is 14.4. The number of aromatic carboxylic acids is 1. The minimum atomic E-state index is -1.13. The van der Waals surface area contributed by atoms with Crippen LogP contribution in [0, 0.1) is 0 Å². The summed E-state index contributed by atoms with van der Waals surface area (Å²) in [7, 11) is 0. The van der Waals surface area contributed by atoms with Crippen LogP contribution in [0.15, 0.2) is 41.6 Å². The summed E-state index contributed by atoms with van der Waals surface area (Å²) in [4.78, 5) is 11.9. The van der Waals surface area contributed by atoms with Crippen LogP contribution in [0.5, 0.6) is 5.75 Å². The summed E-state index contributed by atoms with van der Waals surface area (Å²) in [6.07, 6.45) is 5.00. The predicted octanol–water partition coefficient (Wildman–Crippen LogP) is 5.21. The van der Waals surface area contributed by atoms with Crippen molar-refractivity contribution in [2.24, 2.45) is 0 Å². The minimum Gasteiger partial charge on any atom is -0.506 e. The molecule has 1 aliphatic heterocycles. The fourth-order valence-corrected chi connectivity index (χ4v) is 3.89. The van der Waals surface area contributed by atoms with Gasteiger partial charge in [-0.1, -0.05) is 23.7 Å². The number of anilines is 1. The SMILES string of the molecule is O=C(O)c1c(O)c(-c2ccc(Cl)cc2)cc2c1NC1=C(CCCC1)C2. The molecule has 1 aliphatic carbocycles. The maximum Gasteiger partial charge on any atom is 0.341 e. The van der Waals surface area contributed by atoms with Crippen molar-refractivity contribution in [3.05, 3.63) is 57.8 Å². The van der Waals surface area contributed by atoms with Gasteiger partial charge in [-0.05, 0) is 67.0 Å². The van der Waals surface area contributed by atoms with Crippen molar-refractivity contribution < 1.29 is 15.0 Å². The second kappa shape index (κ2) is 6.12. The number of halogens is 1. The van der Waals surface area contributed by atoms with Gasteiger partial charge in [-0.3, -0.25) is 0 Å². The van der Waals surface area contributed by atoms with Gasteiger partial charge in [0.1, 0.15) is 11.3 Å². The summed E-state index contributed by atoms with van der Waals surface area (Å²) in [5.74, 6) is -1.34. The normalized spacial score (nSPS) is 16.0. The standard InChI is InChI=1S/C20H18ClNO3/c21-14-7-5-11(6-8-14)15-10-13-9-12-3-1-2-4-16(12)22-18(13)17(19(15)23)20(24)25/h5-8,10,22-23H,1-4,9H2,(H,24,25). The van der Waals surface area contributed by atoms with Crippen molar-refractivity contribution in [3.8, 4) is 16.9 Å². The zero-order valence-electron chi connectivity index (χ0n) is 13.6. The molecule has 2 aromatic carbocycles. The molecule has 4 rings (SSSR count). The van der Waals surface area contributed by atoms with Crippen molar-refractivity contribution in [3.63, 3.8) is 0 Å². The number of fused-ring (bicyclic) bond motifs is 1. The smallest absolute Gasteiger partial charge is 0.341 e. The Kier molecular flexibility index (Phi) is 3.92. The molecule has 5 heteroatoms. The topological polar surface area (TPSA) is 69.6 Å². The van der Waals surface area contributed by atoms with E-state index in [1.165, 1.54) is 12.0 Å². The highest BCUT2D eigenvalue weighted by Gasteiger charge is 2.28. The van der Waals surface area contributed by atoms with E-state index in [4.69, 9.17) is 11.6 Å². The van der Waals surface area contributed by atoms with E-state index in [1.54, 1.807) is 24.3 Å². The van der Waals surface area contributed by atoms with E-state index in [1.807, 2.05) is 6.07 Å². The number of hydrogen-bond acceptors (Lipinski definition) is 3. The van der Waals surface area contributed by atoms with Gasteiger partial charge in [-0.15, -0.1) is 0 Å². The number of rotatable bonds is 2. The Bertz CT molecular complexity index is 900. The molecule has 0 saturated heterocycles. The first-order valence-electron chi connectivity index (χ1n) is 8.40. The number of carboxylic acids is 1. The number of benzene rings is 2. The van der Waals surface area contributed by atoms with E-state index >= 15 is 0 Å². The first-order valence-corrected chi connectivity index (χ1v) is 8.78. The van der Waals surface area contributed by atoms with Gasteiger partial charge in [0.2, 0.25) is 0 Å². The van der Waals surface area contributed by atoms with Crippen molar-refractivity contribution >= 4 is 23.3 Å². The highest BCUT2D eigenvalue weighted by Crippen LogP contribution is 2.44. The maximum atomic E-state index is 11.9. The Balaban J connectivity index is 1.89. The Hall–Kier alpha value is -2.46. The van der Waals surface area contributed by atoms with E-state index in [0.29, 0.717) is 16.3 Å². The molecule has 0 bridgehead atoms. The van der Waals surface area contributed by atoms with Gasteiger partial charge in [-0.2, -0.15) is 0 Å². The lowest BCUT2D eigenvalue weighted by Crippen LogP contribution is -2.19. The largest absolute Gasteiger partial charge is 0.506 e. The number of aromatic hydroxyl groups is 1. The predicted molar refractivity (Wildman–Crippen MR) is 98.3 cm³/mol. The Labute approximate surface area is 150 Å². The number of carboxylic acid groups (broad SMARTS) is 1. The summed E-state index contributed by atoms with van der Waals surface area (Å²) in [5.41, 5.74) is 5.14. The molecule has 0 amide bonds. The summed E-state index contributed by atoms with van der Waals surface area (Å²) in [6, 6.07) is 8.94. The quantitative estimate of drug-likeness (QED) is 0.691. The Morgan fingerprint density at radius 1 is 1.12 bits per heavy atom. The second-order valence-electron chi connectivity index (χ2n) is 6.58. The molecule has 2 aromatic rings. The third kappa shape index (κ3) is 2.76. The third-order valence-electron chi connectivity index (χ3n) is 5.01. The molecule has 0 saturated carbocycles. The first-order chi connectivity index (χ1) is 12.0. The summed E-state index contributed by atoms with van der Waals surface area (Å²) in [5, 5.41) is 24.3. The average Bonchev–Trinajstić information content (AvgIpc) is 2.60. The molecule has 2 aliphatic rings. The van der Waals surface area contributed by atoms with E-state index in [9.17, 15) is 15.0 Å². The molecule has 4 nitrogen and oxygen atoms in total. The lowest BCUT2D eigenvalue weighted by atomic mass is 9.85. The number of hydrogen-bond donors (Lipinski definition) is 3. The van der Waals surface area contributed by atoms with Crippen LogP contribution in [0.1, 0.15) is 41.6 Å². The van der Waals surface area contributed by atoms with Crippen molar-refractivity contribution in [1.82, 2.24) is 0 Å². The van der Waals surface area contributed by atoms with Crippen LogP contribution in [0.3, 0.4) is 0 Å². The number of carbonyl (C=O) groups is 1. The molecule has 0 spiro atoms. The average molecular weight is 356 g/mol. The van der Waals surface area contributed by atoms with E-state index in [2.05, 4.69) is 5.32 Å². The van der Waals surface area contributed by atoms with Crippen LogP contribution in [0.2, 0.25) is 5.02 Å². The maximum absolute atomic E-state index is 11.9. The van der Waals surface area contributed by atoms with Crippen LogP contribution >= 0.6 is 11.6 Å². The van der Waals surface area contributed by atoms with Gasteiger partial charge in [0.05, 0.1) is 5.69 Å². The summed E-state index contributed by atoms with van der Waals surface area (Å²) in [6.45, 7) is 0. The summed E-state index contributed by atoms with van der Waals surface area (Å²) >= 11 is 5.94.